The summed E-state index contributed by atoms with van der Waals surface area (Å²) in [6.07, 6.45) is 0. The highest BCUT2D eigenvalue weighted by Gasteiger charge is 1.94. The number of para-hydroxylation sites is 2. The van der Waals surface area contributed by atoms with Gasteiger partial charge in [0.2, 0.25) is 7.69 Å². The Kier molecular flexibility index (Phi) is 2.17. The van der Waals surface area contributed by atoms with Gasteiger partial charge in [-0.15, -0.1) is 0 Å². The highest BCUT2D eigenvalue weighted by Crippen LogP contribution is 2.23. The zero-order valence-corrected chi connectivity index (χ0v) is 5.15. The average molecular weight is 136 g/mol. The van der Waals surface area contributed by atoms with Gasteiger partial charge in [-0.2, -0.15) is 0 Å². The number of hydrogen-bond donors (Lipinski definition) is 1. The van der Waals surface area contributed by atoms with Crippen molar-refractivity contribution >= 4 is 7.69 Å². The van der Waals surface area contributed by atoms with Crippen LogP contribution in [0.3, 0.4) is 0 Å². The van der Waals surface area contributed by atoms with Crippen LogP contribution in [0.5, 0.6) is 11.5 Å². The standard InChI is InChI=1S/C6H5BO3/c8-5-3-1-2-4-6(5)10-7-9/h1-4,8H/q-1. The first kappa shape index (κ1) is 6.96. The third-order valence-corrected chi connectivity index (χ3v) is 1.04. The Morgan fingerprint density at radius 3 is 2.70 bits per heavy atom. The van der Waals surface area contributed by atoms with Crippen LogP contribution < -0.4 is 9.68 Å². The first-order valence-corrected chi connectivity index (χ1v) is 2.73. The Balaban J connectivity index is 2.81. The molecular weight excluding hydrogens is 131 g/mol. The molecule has 0 fully saturated rings. The normalized spacial score (nSPS) is 8.90. The van der Waals surface area contributed by atoms with E-state index in [1.165, 1.54) is 12.1 Å². The van der Waals surface area contributed by atoms with Gasteiger partial charge in [0.25, 0.3) is 0 Å². The fourth-order valence-electron chi connectivity index (χ4n) is 0.609. The van der Waals surface area contributed by atoms with Gasteiger partial charge in [-0.3, -0.25) is 0 Å². The van der Waals surface area contributed by atoms with Crippen LogP contribution >= 0.6 is 0 Å². The number of aromatic hydroxyl groups is 1. The summed E-state index contributed by atoms with van der Waals surface area (Å²) < 4.78 is 4.41. The zero-order valence-electron chi connectivity index (χ0n) is 5.15. The predicted octanol–water partition coefficient (Wildman–Crippen LogP) is -0.335. The van der Waals surface area contributed by atoms with Crippen LogP contribution in [0.15, 0.2) is 24.3 Å². The highest BCUT2D eigenvalue weighted by atomic mass is 16.5. The van der Waals surface area contributed by atoms with Crippen molar-refractivity contribution in [1.29, 1.82) is 0 Å². The zero-order chi connectivity index (χ0) is 7.40. The van der Waals surface area contributed by atoms with E-state index in [4.69, 9.17) is 5.11 Å². The lowest BCUT2D eigenvalue weighted by molar-refractivity contribution is -0.198. The molecule has 0 amide bonds. The molecule has 0 saturated heterocycles. The van der Waals surface area contributed by atoms with E-state index in [1.54, 1.807) is 12.1 Å². The number of hydrogen-bond acceptors (Lipinski definition) is 3. The first-order valence-electron chi connectivity index (χ1n) is 2.73. The lowest BCUT2D eigenvalue weighted by Crippen LogP contribution is -2.18. The van der Waals surface area contributed by atoms with Crippen molar-refractivity contribution in [2.45, 2.75) is 0 Å². The second-order valence-electron chi connectivity index (χ2n) is 1.68. The number of rotatable bonds is 2. The fourth-order valence-corrected chi connectivity index (χ4v) is 0.609. The number of phenols is 1. The lowest BCUT2D eigenvalue weighted by atomic mass is 10.3. The summed E-state index contributed by atoms with van der Waals surface area (Å²) >= 11 is 0. The van der Waals surface area contributed by atoms with Crippen LogP contribution in [0, 0.1) is 0 Å². The Hall–Kier alpha value is -1.16. The van der Waals surface area contributed by atoms with Gasteiger partial charge in [-0.05, 0) is 12.1 Å². The summed E-state index contributed by atoms with van der Waals surface area (Å²) in [6, 6.07) is 6.26. The lowest BCUT2D eigenvalue weighted by Gasteiger charge is -2.08. The van der Waals surface area contributed by atoms with Crippen LogP contribution in [0.4, 0.5) is 0 Å². The quantitative estimate of drug-likeness (QED) is 0.566. The van der Waals surface area contributed by atoms with Gasteiger partial charge in [-0.1, -0.05) is 12.1 Å². The van der Waals surface area contributed by atoms with Gasteiger partial charge < -0.3 is 14.8 Å². The van der Waals surface area contributed by atoms with Crippen LogP contribution in [0.1, 0.15) is 0 Å². The van der Waals surface area contributed by atoms with E-state index in [9.17, 15) is 5.02 Å². The van der Waals surface area contributed by atoms with Crippen LogP contribution in [-0.2, 0) is 0 Å². The Morgan fingerprint density at radius 2 is 2.10 bits per heavy atom. The third-order valence-electron chi connectivity index (χ3n) is 1.04. The maximum absolute atomic E-state index is 9.79. The highest BCUT2D eigenvalue weighted by molar-refractivity contribution is 6.15. The molecule has 0 spiro atoms. The van der Waals surface area contributed by atoms with Crippen molar-refractivity contribution in [2.75, 3.05) is 0 Å². The molecule has 0 aliphatic heterocycles. The smallest absolute Gasteiger partial charge is 0.244 e. The van der Waals surface area contributed by atoms with E-state index in [0.29, 0.717) is 0 Å². The summed E-state index contributed by atoms with van der Waals surface area (Å²) in [5.74, 6) is 0.145. The number of benzene rings is 1. The minimum absolute atomic E-state index is 0.0328. The topological polar surface area (TPSA) is 52.5 Å². The van der Waals surface area contributed by atoms with E-state index in [0.717, 1.165) is 0 Å². The average Bonchev–Trinajstić information content (AvgIpc) is 1.94. The molecule has 4 heteroatoms. The summed E-state index contributed by atoms with van der Waals surface area (Å²) in [4.78, 5) is 0. The molecule has 0 aliphatic rings. The van der Waals surface area contributed by atoms with E-state index in [-0.39, 0.29) is 19.2 Å². The molecular formula is C6H5BO3-. The first-order chi connectivity index (χ1) is 4.84. The molecule has 0 heterocycles. The van der Waals surface area contributed by atoms with Crippen LogP contribution in [0.2, 0.25) is 0 Å². The minimum atomic E-state index is -0.0328. The van der Waals surface area contributed by atoms with Crippen LogP contribution in [0.25, 0.3) is 0 Å². The Labute approximate surface area is 59.2 Å². The van der Waals surface area contributed by atoms with Gasteiger partial charge in [0.05, 0.1) is 0 Å². The largest absolute Gasteiger partial charge is 0.850 e. The summed E-state index contributed by atoms with van der Waals surface area (Å²) in [5, 5.41) is 18.8. The second kappa shape index (κ2) is 3.13. The fraction of sp³-hybridized carbons (Fsp3) is 0. The molecule has 0 aromatic heterocycles. The maximum atomic E-state index is 9.79. The molecule has 10 heavy (non-hydrogen) atoms. The minimum Gasteiger partial charge on any atom is -0.850 e. The van der Waals surface area contributed by atoms with E-state index < -0.39 is 0 Å². The van der Waals surface area contributed by atoms with Crippen LogP contribution in [-0.4, -0.2) is 12.8 Å². The molecule has 0 unspecified atom stereocenters. The van der Waals surface area contributed by atoms with Crippen molar-refractivity contribution in [2.24, 2.45) is 0 Å². The molecule has 0 saturated carbocycles. The third kappa shape index (κ3) is 1.42. The molecule has 0 bridgehead atoms. The summed E-state index contributed by atoms with van der Waals surface area (Å²) in [5.41, 5.74) is 0. The molecule has 1 aromatic rings. The molecule has 3 nitrogen and oxygen atoms in total. The van der Waals surface area contributed by atoms with Crippen molar-refractivity contribution < 1.29 is 14.8 Å². The van der Waals surface area contributed by atoms with E-state index >= 15 is 0 Å². The van der Waals surface area contributed by atoms with Gasteiger partial charge in [0.1, 0.15) is 5.75 Å². The molecule has 1 rings (SSSR count). The molecule has 0 atom stereocenters. The summed E-state index contributed by atoms with van der Waals surface area (Å²) in [7, 11) is 0.273. The van der Waals surface area contributed by atoms with Crippen molar-refractivity contribution in [3.63, 3.8) is 0 Å². The maximum Gasteiger partial charge on any atom is 0.244 e. The van der Waals surface area contributed by atoms with Crippen molar-refractivity contribution in [3.8, 4) is 11.5 Å². The van der Waals surface area contributed by atoms with Gasteiger partial charge >= 0.3 is 0 Å². The monoisotopic (exact) mass is 136 g/mol. The summed E-state index contributed by atoms with van der Waals surface area (Å²) in [6.45, 7) is 0. The van der Waals surface area contributed by atoms with Crippen molar-refractivity contribution in [1.82, 2.24) is 0 Å². The van der Waals surface area contributed by atoms with Gasteiger partial charge in [0, 0.05) is 0 Å². The molecule has 1 aromatic carbocycles. The van der Waals surface area contributed by atoms with Gasteiger partial charge in [-0.25, -0.2) is 0 Å². The van der Waals surface area contributed by atoms with E-state index in [2.05, 4.69) is 4.65 Å². The SMILES string of the molecule is [O-][B]Oc1ccccc1O. The molecule has 1 radical (unpaired) electrons. The Bertz CT molecular complexity index is 214. The second-order valence-corrected chi connectivity index (χ2v) is 1.68. The van der Waals surface area contributed by atoms with Gasteiger partial charge in [0.15, 0.2) is 5.75 Å². The van der Waals surface area contributed by atoms with Crippen molar-refractivity contribution in [3.05, 3.63) is 24.3 Å². The predicted molar refractivity (Wildman–Crippen MR) is 34.5 cm³/mol. The van der Waals surface area contributed by atoms with E-state index in [1.807, 2.05) is 0 Å². The molecule has 1 N–H and O–H groups in total. The molecule has 51 valence electrons. The number of phenolic OH excluding ortho intramolecular Hbond substituents is 1. The molecule has 0 aliphatic carbocycles. The Morgan fingerprint density at radius 1 is 1.40 bits per heavy atom.